The molecule has 0 bridgehead atoms. The number of fused-ring (bicyclic) bond motifs is 1. The van der Waals surface area contributed by atoms with Crippen molar-refractivity contribution in [2.24, 2.45) is 0 Å². The summed E-state index contributed by atoms with van der Waals surface area (Å²) in [5, 5.41) is 13.8. The van der Waals surface area contributed by atoms with E-state index >= 15 is 0 Å². The van der Waals surface area contributed by atoms with Crippen LogP contribution in [0.1, 0.15) is 10.4 Å². The van der Waals surface area contributed by atoms with Crippen LogP contribution in [0.15, 0.2) is 73.1 Å². The highest BCUT2D eigenvalue weighted by Crippen LogP contribution is 2.29. The number of nitrogens with one attached hydrogen (secondary N) is 1. The molecule has 0 amide bonds. The Hall–Kier alpha value is -3.44. The van der Waals surface area contributed by atoms with E-state index in [1.54, 1.807) is 24.3 Å². The van der Waals surface area contributed by atoms with Gasteiger partial charge in [-0.2, -0.15) is 0 Å². The third-order valence-electron chi connectivity index (χ3n) is 4.19. The maximum atomic E-state index is 11.0. The number of rotatable bonds is 4. The molecule has 0 saturated heterocycles. The quantitative estimate of drug-likeness (QED) is 0.500. The summed E-state index contributed by atoms with van der Waals surface area (Å²) in [6.45, 7) is 0. The SMILES string of the molecule is O=C(O)c1ccc(-c2ccc3ncnc(Nc4cccc(Cl)c4)c3c2)cc1. The van der Waals surface area contributed by atoms with Crippen molar-refractivity contribution in [1.29, 1.82) is 0 Å². The van der Waals surface area contributed by atoms with Gasteiger partial charge >= 0.3 is 5.97 Å². The van der Waals surface area contributed by atoms with Gasteiger partial charge in [0, 0.05) is 16.1 Å². The molecule has 0 radical (unpaired) electrons. The number of aromatic nitrogens is 2. The minimum atomic E-state index is -0.943. The number of hydrogen-bond donors (Lipinski definition) is 2. The van der Waals surface area contributed by atoms with Crippen molar-refractivity contribution in [1.82, 2.24) is 9.97 Å². The second-order valence-corrected chi connectivity index (χ2v) is 6.41. The topological polar surface area (TPSA) is 75.1 Å². The summed E-state index contributed by atoms with van der Waals surface area (Å²) in [7, 11) is 0. The highest BCUT2D eigenvalue weighted by Gasteiger charge is 2.08. The number of carboxylic acids is 1. The first-order chi connectivity index (χ1) is 13.1. The summed E-state index contributed by atoms with van der Waals surface area (Å²) >= 11 is 6.06. The van der Waals surface area contributed by atoms with Gasteiger partial charge in [-0.25, -0.2) is 14.8 Å². The van der Waals surface area contributed by atoms with Crippen molar-refractivity contribution in [3.05, 3.63) is 83.6 Å². The van der Waals surface area contributed by atoms with Gasteiger partial charge in [-0.1, -0.05) is 35.9 Å². The van der Waals surface area contributed by atoms with Crippen LogP contribution in [0.25, 0.3) is 22.0 Å². The van der Waals surface area contributed by atoms with Crippen LogP contribution < -0.4 is 5.32 Å². The molecule has 0 aliphatic rings. The fourth-order valence-corrected chi connectivity index (χ4v) is 3.03. The number of nitrogens with zero attached hydrogens (tertiary/aromatic N) is 2. The molecular formula is C21H14ClN3O2. The van der Waals surface area contributed by atoms with E-state index in [0.29, 0.717) is 10.8 Å². The first kappa shape index (κ1) is 17.0. The number of benzene rings is 3. The Kier molecular flexibility index (Phi) is 4.44. The van der Waals surface area contributed by atoms with Gasteiger partial charge in [0.2, 0.25) is 0 Å². The zero-order chi connectivity index (χ0) is 18.8. The van der Waals surface area contributed by atoms with Crippen LogP contribution in [-0.4, -0.2) is 21.0 Å². The third-order valence-corrected chi connectivity index (χ3v) is 4.42. The normalized spacial score (nSPS) is 10.7. The number of carbonyl (C=O) groups is 1. The number of carboxylic acid groups (broad SMARTS) is 1. The lowest BCUT2D eigenvalue weighted by Gasteiger charge is -2.10. The van der Waals surface area contributed by atoms with Gasteiger partial charge in [0.1, 0.15) is 12.1 Å². The highest BCUT2D eigenvalue weighted by molar-refractivity contribution is 6.30. The zero-order valence-corrected chi connectivity index (χ0v) is 14.8. The molecule has 1 heterocycles. The lowest BCUT2D eigenvalue weighted by atomic mass is 10.0. The molecule has 2 N–H and O–H groups in total. The Bertz CT molecular complexity index is 1140. The van der Waals surface area contributed by atoms with Crippen LogP contribution in [0.4, 0.5) is 11.5 Å². The van der Waals surface area contributed by atoms with E-state index in [1.165, 1.54) is 6.33 Å². The van der Waals surface area contributed by atoms with Gasteiger partial charge < -0.3 is 10.4 Å². The smallest absolute Gasteiger partial charge is 0.335 e. The summed E-state index contributed by atoms with van der Waals surface area (Å²) in [4.78, 5) is 19.7. The van der Waals surface area contributed by atoms with Gasteiger partial charge in [-0.05, 0) is 53.6 Å². The Labute approximate surface area is 160 Å². The van der Waals surface area contributed by atoms with Crippen LogP contribution in [0.5, 0.6) is 0 Å². The summed E-state index contributed by atoms with van der Waals surface area (Å²) in [6.07, 6.45) is 1.51. The number of halogens is 1. The maximum Gasteiger partial charge on any atom is 0.335 e. The average Bonchev–Trinajstić information content (AvgIpc) is 2.68. The summed E-state index contributed by atoms with van der Waals surface area (Å²) in [5.41, 5.74) is 3.76. The molecular weight excluding hydrogens is 362 g/mol. The fraction of sp³-hybridized carbons (Fsp3) is 0. The van der Waals surface area contributed by atoms with E-state index in [1.807, 2.05) is 42.5 Å². The maximum absolute atomic E-state index is 11.0. The second kappa shape index (κ2) is 7.05. The van der Waals surface area contributed by atoms with Gasteiger partial charge in [0.15, 0.2) is 0 Å². The van der Waals surface area contributed by atoms with Gasteiger partial charge in [0.25, 0.3) is 0 Å². The Morgan fingerprint density at radius 3 is 2.44 bits per heavy atom. The number of anilines is 2. The van der Waals surface area contributed by atoms with E-state index in [0.717, 1.165) is 27.7 Å². The van der Waals surface area contributed by atoms with Gasteiger partial charge in [0.05, 0.1) is 11.1 Å². The molecule has 0 spiro atoms. The van der Waals surface area contributed by atoms with Crippen LogP contribution in [0, 0.1) is 0 Å². The van der Waals surface area contributed by atoms with E-state index in [2.05, 4.69) is 15.3 Å². The van der Waals surface area contributed by atoms with E-state index in [9.17, 15) is 4.79 Å². The molecule has 27 heavy (non-hydrogen) atoms. The molecule has 0 saturated carbocycles. The molecule has 5 nitrogen and oxygen atoms in total. The molecule has 4 rings (SSSR count). The lowest BCUT2D eigenvalue weighted by Crippen LogP contribution is -1.96. The molecule has 3 aromatic carbocycles. The fourth-order valence-electron chi connectivity index (χ4n) is 2.84. The van der Waals surface area contributed by atoms with Crippen LogP contribution in [-0.2, 0) is 0 Å². The van der Waals surface area contributed by atoms with E-state index < -0.39 is 5.97 Å². The highest BCUT2D eigenvalue weighted by atomic mass is 35.5. The summed E-state index contributed by atoms with van der Waals surface area (Å²) < 4.78 is 0. The standard InChI is InChI=1S/C21H14ClN3O2/c22-16-2-1-3-17(11-16)25-20-18-10-15(8-9-19(18)23-12-24-20)13-4-6-14(7-5-13)21(26)27/h1-12H,(H,26,27)(H,23,24,25). The Morgan fingerprint density at radius 2 is 1.70 bits per heavy atom. The molecule has 0 aliphatic heterocycles. The molecule has 132 valence electrons. The molecule has 0 unspecified atom stereocenters. The van der Waals surface area contributed by atoms with Crippen molar-refractivity contribution in [3.8, 4) is 11.1 Å². The molecule has 6 heteroatoms. The Balaban J connectivity index is 1.75. The Morgan fingerprint density at radius 1 is 0.926 bits per heavy atom. The lowest BCUT2D eigenvalue weighted by molar-refractivity contribution is 0.0697. The molecule has 0 aliphatic carbocycles. The predicted octanol–water partition coefficient (Wildman–Crippen LogP) is 5.39. The van der Waals surface area contributed by atoms with E-state index in [4.69, 9.17) is 16.7 Å². The predicted molar refractivity (Wildman–Crippen MR) is 107 cm³/mol. The third kappa shape index (κ3) is 3.59. The van der Waals surface area contributed by atoms with Crippen molar-refractivity contribution in [3.63, 3.8) is 0 Å². The van der Waals surface area contributed by atoms with Gasteiger partial charge in [-0.3, -0.25) is 0 Å². The molecule has 0 fully saturated rings. The largest absolute Gasteiger partial charge is 0.478 e. The number of aromatic carboxylic acids is 1. The second-order valence-electron chi connectivity index (χ2n) is 5.97. The van der Waals surface area contributed by atoms with Crippen LogP contribution in [0.3, 0.4) is 0 Å². The first-order valence-electron chi connectivity index (χ1n) is 8.21. The summed E-state index contributed by atoms with van der Waals surface area (Å²) in [6, 6.07) is 20.0. The van der Waals surface area contributed by atoms with Crippen molar-refractivity contribution in [2.75, 3.05) is 5.32 Å². The molecule has 4 aromatic rings. The minimum absolute atomic E-state index is 0.256. The van der Waals surface area contributed by atoms with Crippen molar-refractivity contribution < 1.29 is 9.90 Å². The van der Waals surface area contributed by atoms with Gasteiger partial charge in [-0.15, -0.1) is 0 Å². The minimum Gasteiger partial charge on any atom is -0.478 e. The molecule has 1 aromatic heterocycles. The summed E-state index contributed by atoms with van der Waals surface area (Å²) in [5.74, 6) is -0.271. The van der Waals surface area contributed by atoms with Crippen molar-refractivity contribution in [2.45, 2.75) is 0 Å². The average molecular weight is 376 g/mol. The zero-order valence-electron chi connectivity index (χ0n) is 14.1. The van der Waals surface area contributed by atoms with Crippen molar-refractivity contribution >= 4 is 40.0 Å². The molecule has 0 atom stereocenters. The monoisotopic (exact) mass is 375 g/mol. The van der Waals surface area contributed by atoms with Crippen LogP contribution in [0.2, 0.25) is 5.02 Å². The van der Waals surface area contributed by atoms with E-state index in [-0.39, 0.29) is 5.56 Å². The number of hydrogen-bond acceptors (Lipinski definition) is 4. The van der Waals surface area contributed by atoms with Crippen LogP contribution >= 0.6 is 11.6 Å². The first-order valence-corrected chi connectivity index (χ1v) is 8.59.